The Bertz CT molecular complexity index is 322. The molecule has 0 atom stereocenters. The first-order valence-electron chi connectivity index (χ1n) is 5.89. The quantitative estimate of drug-likeness (QED) is 0.860. The van der Waals surface area contributed by atoms with Crippen LogP contribution in [0, 0.1) is 6.92 Å². The van der Waals surface area contributed by atoms with Crippen LogP contribution in [-0.2, 0) is 0 Å². The van der Waals surface area contributed by atoms with Gasteiger partial charge in [0.15, 0.2) is 0 Å². The van der Waals surface area contributed by atoms with Gasteiger partial charge in [-0.05, 0) is 43.8 Å². The summed E-state index contributed by atoms with van der Waals surface area (Å²) in [6, 6.07) is 6.38. The van der Waals surface area contributed by atoms with Crippen molar-refractivity contribution in [3.8, 4) is 0 Å². The topological polar surface area (TPSA) is 15.3 Å². The summed E-state index contributed by atoms with van der Waals surface area (Å²) in [5, 5.41) is 3.45. The summed E-state index contributed by atoms with van der Waals surface area (Å²) in [4.78, 5) is 2.42. The van der Waals surface area contributed by atoms with E-state index in [4.69, 9.17) is 0 Å². The zero-order valence-corrected chi connectivity index (χ0v) is 12.0. The largest absolute Gasteiger partial charge is 0.384 e. The molecule has 0 saturated carbocycles. The van der Waals surface area contributed by atoms with E-state index >= 15 is 0 Å². The van der Waals surface area contributed by atoms with E-state index in [1.807, 2.05) is 0 Å². The van der Waals surface area contributed by atoms with E-state index in [0.717, 1.165) is 26.2 Å². The summed E-state index contributed by atoms with van der Waals surface area (Å²) < 4.78 is 1.17. The highest BCUT2D eigenvalue weighted by Crippen LogP contribution is 2.19. The Kier molecular flexibility index (Phi) is 5.85. The maximum absolute atomic E-state index is 3.51. The number of benzene rings is 1. The number of likely N-dealkylation sites (N-methyl/N-ethyl adjacent to an activating group) is 1. The monoisotopic (exact) mass is 284 g/mol. The third-order valence-electron chi connectivity index (χ3n) is 2.81. The number of anilines is 1. The summed E-state index contributed by atoms with van der Waals surface area (Å²) in [6.45, 7) is 10.9. The van der Waals surface area contributed by atoms with Crippen LogP contribution in [-0.4, -0.2) is 31.1 Å². The lowest BCUT2D eigenvalue weighted by molar-refractivity contribution is 0.316. The van der Waals surface area contributed by atoms with Gasteiger partial charge in [0.05, 0.1) is 0 Å². The molecule has 1 rings (SSSR count). The zero-order valence-electron chi connectivity index (χ0n) is 10.4. The second-order valence-electron chi connectivity index (χ2n) is 3.92. The van der Waals surface area contributed by atoms with Gasteiger partial charge in [-0.15, -0.1) is 0 Å². The van der Waals surface area contributed by atoms with E-state index < -0.39 is 0 Å². The maximum Gasteiger partial charge on any atom is 0.0344 e. The van der Waals surface area contributed by atoms with Crippen LogP contribution in [0.2, 0.25) is 0 Å². The Morgan fingerprint density at radius 2 is 1.94 bits per heavy atom. The van der Waals surface area contributed by atoms with Crippen molar-refractivity contribution >= 4 is 21.6 Å². The average Bonchev–Trinajstić information content (AvgIpc) is 2.29. The normalized spacial score (nSPS) is 10.8. The lowest BCUT2D eigenvalue weighted by Crippen LogP contribution is -2.28. The Morgan fingerprint density at radius 1 is 1.25 bits per heavy atom. The van der Waals surface area contributed by atoms with Gasteiger partial charge in [0, 0.05) is 23.2 Å². The highest BCUT2D eigenvalue weighted by Gasteiger charge is 1.99. The predicted octanol–water partition coefficient (Wildman–Crippen LogP) is 3.51. The first-order valence-corrected chi connectivity index (χ1v) is 6.69. The van der Waals surface area contributed by atoms with Gasteiger partial charge >= 0.3 is 0 Å². The van der Waals surface area contributed by atoms with E-state index in [2.05, 4.69) is 65.1 Å². The molecule has 0 aliphatic carbocycles. The maximum atomic E-state index is 3.51. The third kappa shape index (κ3) is 4.14. The Balaban J connectivity index is 2.40. The fraction of sp³-hybridized carbons (Fsp3) is 0.538. The number of aryl methyl sites for hydroxylation is 1. The summed E-state index contributed by atoms with van der Waals surface area (Å²) in [6.07, 6.45) is 0. The van der Waals surface area contributed by atoms with Gasteiger partial charge in [0.2, 0.25) is 0 Å². The van der Waals surface area contributed by atoms with Crippen molar-refractivity contribution in [2.24, 2.45) is 0 Å². The van der Waals surface area contributed by atoms with Crippen molar-refractivity contribution in [3.63, 3.8) is 0 Å². The van der Waals surface area contributed by atoms with Crippen LogP contribution in [0.3, 0.4) is 0 Å². The van der Waals surface area contributed by atoms with E-state index in [1.165, 1.54) is 15.7 Å². The molecule has 0 fully saturated rings. The molecule has 0 aromatic heterocycles. The lowest BCUT2D eigenvalue weighted by Gasteiger charge is -2.18. The molecule has 1 aromatic rings. The van der Waals surface area contributed by atoms with Gasteiger partial charge in [-0.1, -0.05) is 29.8 Å². The van der Waals surface area contributed by atoms with Crippen LogP contribution in [0.15, 0.2) is 22.7 Å². The molecule has 0 radical (unpaired) electrons. The van der Waals surface area contributed by atoms with Gasteiger partial charge in [-0.3, -0.25) is 0 Å². The van der Waals surface area contributed by atoms with E-state index in [1.54, 1.807) is 0 Å². The summed E-state index contributed by atoms with van der Waals surface area (Å²) in [7, 11) is 0. The fourth-order valence-electron chi connectivity index (χ4n) is 1.65. The molecule has 0 aliphatic rings. The minimum Gasteiger partial charge on any atom is -0.384 e. The number of halogens is 1. The van der Waals surface area contributed by atoms with Gasteiger partial charge in [0.1, 0.15) is 0 Å². The smallest absolute Gasteiger partial charge is 0.0344 e. The Hall–Kier alpha value is -0.540. The van der Waals surface area contributed by atoms with E-state index in [0.29, 0.717) is 0 Å². The molecule has 1 N–H and O–H groups in total. The molecule has 0 bridgehead atoms. The number of rotatable bonds is 6. The Labute approximate surface area is 107 Å². The molecule has 0 aliphatic heterocycles. The molecule has 0 saturated heterocycles. The number of hydrogen-bond acceptors (Lipinski definition) is 2. The summed E-state index contributed by atoms with van der Waals surface area (Å²) in [5.74, 6) is 0. The number of nitrogens with one attached hydrogen (secondary N) is 1. The standard InChI is InChI=1S/C13H21BrN2/c1-4-16(5-2)9-8-15-12-6-7-13(14)11(3)10-12/h6-7,10,15H,4-5,8-9H2,1-3H3. The lowest BCUT2D eigenvalue weighted by atomic mass is 10.2. The first kappa shape index (κ1) is 13.5. The average molecular weight is 285 g/mol. The molecule has 1 aromatic carbocycles. The van der Waals surface area contributed by atoms with E-state index in [-0.39, 0.29) is 0 Å². The van der Waals surface area contributed by atoms with Crippen LogP contribution in [0.5, 0.6) is 0 Å². The fourth-order valence-corrected chi connectivity index (χ4v) is 1.90. The molecule has 90 valence electrons. The van der Waals surface area contributed by atoms with Gasteiger partial charge in [0.25, 0.3) is 0 Å². The Morgan fingerprint density at radius 3 is 2.50 bits per heavy atom. The first-order chi connectivity index (χ1) is 7.67. The van der Waals surface area contributed by atoms with Gasteiger partial charge in [-0.2, -0.15) is 0 Å². The molecule has 16 heavy (non-hydrogen) atoms. The number of nitrogens with zero attached hydrogens (tertiary/aromatic N) is 1. The molecule has 0 heterocycles. The van der Waals surface area contributed by atoms with Crippen molar-refractivity contribution in [2.45, 2.75) is 20.8 Å². The molecule has 0 spiro atoms. The molecular formula is C13H21BrN2. The van der Waals surface area contributed by atoms with Gasteiger partial charge in [-0.25, -0.2) is 0 Å². The van der Waals surface area contributed by atoms with Crippen molar-refractivity contribution in [1.82, 2.24) is 4.90 Å². The molecule has 0 amide bonds. The minimum absolute atomic E-state index is 1.00. The highest BCUT2D eigenvalue weighted by molar-refractivity contribution is 9.10. The molecular weight excluding hydrogens is 264 g/mol. The SMILES string of the molecule is CCN(CC)CCNc1ccc(Br)c(C)c1. The highest BCUT2D eigenvalue weighted by atomic mass is 79.9. The summed E-state index contributed by atoms with van der Waals surface area (Å²) in [5.41, 5.74) is 2.47. The van der Waals surface area contributed by atoms with E-state index in [9.17, 15) is 0 Å². The van der Waals surface area contributed by atoms with Crippen molar-refractivity contribution in [3.05, 3.63) is 28.2 Å². The molecule has 3 heteroatoms. The van der Waals surface area contributed by atoms with Crippen LogP contribution >= 0.6 is 15.9 Å². The van der Waals surface area contributed by atoms with Crippen LogP contribution < -0.4 is 5.32 Å². The zero-order chi connectivity index (χ0) is 12.0. The second-order valence-corrected chi connectivity index (χ2v) is 4.77. The van der Waals surface area contributed by atoms with Crippen molar-refractivity contribution < 1.29 is 0 Å². The predicted molar refractivity (Wildman–Crippen MR) is 75.2 cm³/mol. The van der Waals surface area contributed by atoms with Crippen molar-refractivity contribution in [2.75, 3.05) is 31.5 Å². The second kappa shape index (κ2) is 6.92. The summed E-state index contributed by atoms with van der Waals surface area (Å²) >= 11 is 3.51. The molecule has 2 nitrogen and oxygen atoms in total. The van der Waals surface area contributed by atoms with Crippen LogP contribution in [0.25, 0.3) is 0 Å². The van der Waals surface area contributed by atoms with Crippen molar-refractivity contribution in [1.29, 1.82) is 0 Å². The van der Waals surface area contributed by atoms with Gasteiger partial charge < -0.3 is 10.2 Å². The molecule has 0 unspecified atom stereocenters. The minimum atomic E-state index is 1.00. The number of hydrogen-bond donors (Lipinski definition) is 1. The third-order valence-corrected chi connectivity index (χ3v) is 3.70. The van der Waals surface area contributed by atoms with Crippen LogP contribution in [0.1, 0.15) is 19.4 Å². The van der Waals surface area contributed by atoms with Crippen LogP contribution in [0.4, 0.5) is 5.69 Å².